The summed E-state index contributed by atoms with van der Waals surface area (Å²) in [6.45, 7) is 19.4. The van der Waals surface area contributed by atoms with Crippen LogP contribution in [0.3, 0.4) is 0 Å². The topological polar surface area (TPSA) is 0 Å². The minimum absolute atomic E-state index is 0.224. The molecule has 18 heavy (non-hydrogen) atoms. The summed E-state index contributed by atoms with van der Waals surface area (Å²) in [6, 6.07) is 0. The van der Waals surface area contributed by atoms with Crippen LogP contribution in [0.25, 0.3) is 0 Å². The molecule has 110 valence electrons. The van der Waals surface area contributed by atoms with Crippen molar-refractivity contribution in [3.05, 3.63) is 0 Å². The van der Waals surface area contributed by atoms with Gasteiger partial charge in [-0.15, -0.1) is 15.8 Å². The van der Waals surface area contributed by atoms with Crippen molar-refractivity contribution in [2.75, 3.05) is 24.6 Å². The van der Waals surface area contributed by atoms with Crippen LogP contribution in [-0.4, -0.2) is 35.0 Å². The average molecular weight is 290 g/mol. The Balaban J connectivity index is 4.47. The Morgan fingerprint density at radius 2 is 0.833 bits per heavy atom. The fourth-order valence-corrected chi connectivity index (χ4v) is 8.49. The van der Waals surface area contributed by atoms with Crippen molar-refractivity contribution in [3.8, 4) is 0 Å². The normalized spacial score (nSPS) is 16.7. The fourth-order valence-electron chi connectivity index (χ4n) is 2.35. The molecule has 2 unspecified atom stereocenters. The maximum absolute atomic E-state index is 2.45. The van der Waals surface area contributed by atoms with Gasteiger partial charge in [-0.05, 0) is 35.0 Å². The van der Waals surface area contributed by atoms with Gasteiger partial charge in [0.2, 0.25) is 0 Å². The lowest BCUT2D eigenvalue weighted by Crippen LogP contribution is -2.20. The third kappa shape index (κ3) is 7.45. The van der Waals surface area contributed by atoms with Crippen LogP contribution >= 0.6 is 15.8 Å². The third-order valence-electron chi connectivity index (χ3n) is 3.52. The molecule has 0 N–H and O–H groups in total. The first-order valence-electron chi connectivity index (χ1n) is 7.63. The highest BCUT2D eigenvalue weighted by Crippen LogP contribution is 2.55. The summed E-state index contributed by atoms with van der Waals surface area (Å²) >= 11 is 0. The number of rotatable bonds is 7. The van der Waals surface area contributed by atoms with Crippen LogP contribution in [0.5, 0.6) is 0 Å². The van der Waals surface area contributed by atoms with Crippen molar-refractivity contribution in [1.82, 2.24) is 0 Å². The van der Waals surface area contributed by atoms with Crippen molar-refractivity contribution in [2.45, 2.75) is 78.5 Å². The Labute approximate surface area is 119 Å². The number of hydrogen-bond donors (Lipinski definition) is 0. The van der Waals surface area contributed by atoms with Gasteiger partial charge in [0, 0.05) is 0 Å². The first-order chi connectivity index (χ1) is 8.12. The van der Waals surface area contributed by atoms with Crippen LogP contribution in [0.1, 0.15) is 68.2 Å². The molecule has 0 aromatic carbocycles. The second-order valence-electron chi connectivity index (χ2n) is 7.32. The van der Waals surface area contributed by atoms with Crippen molar-refractivity contribution in [2.24, 2.45) is 0 Å². The van der Waals surface area contributed by atoms with E-state index in [9.17, 15) is 0 Å². The van der Waals surface area contributed by atoms with E-state index in [1.54, 1.807) is 0 Å². The highest BCUT2D eigenvalue weighted by Gasteiger charge is 2.27. The summed E-state index contributed by atoms with van der Waals surface area (Å²) in [6.07, 6.45) is 8.69. The Bertz CT molecular complexity index is 186. The Hall–Kier alpha value is 0.860. The molecular formula is C16H36P2. The zero-order valence-electron chi connectivity index (χ0n) is 14.1. The van der Waals surface area contributed by atoms with E-state index in [4.69, 9.17) is 0 Å². The Morgan fingerprint density at radius 3 is 1.00 bits per heavy atom. The van der Waals surface area contributed by atoms with Crippen LogP contribution in [0.15, 0.2) is 0 Å². The van der Waals surface area contributed by atoms with Crippen molar-refractivity contribution in [3.63, 3.8) is 0 Å². The van der Waals surface area contributed by atoms with E-state index in [1.807, 2.05) is 0 Å². The first kappa shape index (κ1) is 18.9. The van der Waals surface area contributed by atoms with E-state index < -0.39 is 0 Å². The molecule has 0 saturated heterocycles. The average Bonchev–Trinajstić information content (AvgIpc) is 2.18. The molecule has 0 aliphatic rings. The van der Waals surface area contributed by atoms with Crippen LogP contribution in [0.4, 0.5) is 0 Å². The van der Waals surface area contributed by atoms with Crippen LogP contribution in [0.2, 0.25) is 0 Å². The van der Waals surface area contributed by atoms with E-state index in [1.165, 1.54) is 37.5 Å². The third-order valence-corrected chi connectivity index (χ3v) is 11.2. The summed E-state index contributed by atoms with van der Waals surface area (Å²) in [5.41, 5.74) is 0. The van der Waals surface area contributed by atoms with Gasteiger partial charge in [-0.25, -0.2) is 0 Å². The minimum Gasteiger partial charge on any atom is -0.101 e. The molecule has 2 atom stereocenters. The predicted molar refractivity (Wildman–Crippen MR) is 93.4 cm³/mol. The van der Waals surface area contributed by atoms with Gasteiger partial charge in [0.15, 0.2) is 0 Å². The summed E-state index contributed by atoms with van der Waals surface area (Å²) in [5, 5.41) is 1.10. The lowest BCUT2D eigenvalue weighted by atomic mass is 10.3. The second-order valence-corrected chi connectivity index (χ2v) is 13.9. The summed E-state index contributed by atoms with van der Waals surface area (Å²) in [4.78, 5) is 0. The van der Waals surface area contributed by atoms with Gasteiger partial charge in [-0.3, -0.25) is 0 Å². The molecule has 0 rings (SSSR count). The summed E-state index contributed by atoms with van der Waals surface area (Å²) in [7, 11) is 0.448. The lowest BCUT2D eigenvalue weighted by Gasteiger charge is -2.36. The van der Waals surface area contributed by atoms with E-state index in [0.717, 1.165) is 0 Å². The molecule has 0 bridgehead atoms. The van der Waals surface area contributed by atoms with Gasteiger partial charge >= 0.3 is 0 Å². The molecule has 0 saturated carbocycles. The molecule has 0 aliphatic carbocycles. The highest BCUT2D eigenvalue weighted by atomic mass is 31.1. The quantitative estimate of drug-likeness (QED) is 0.478. The van der Waals surface area contributed by atoms with Gasteiger partial charge in [0.1, 0.15) is 0 Å². The van der Waals surface area contributed by atoms with Crippen LogP contribution in [-0.2, 0) is 0 Å². The molecule has 0 fully saturated rings. The van der Waals surface area contributed by atoms with Crippen molar-refractivity contribution < 1.29 is 0 Å². The van der Waals surface area contributed by atoms with Crippen LogP contribution in [0, 0.1) is 0 Å². The minimum atomic E-state index is 0.224. The maximum Gasteiger partial charge on any atom is -0.0179 e. The van der Waals surface area contributed by atoms with Gasteiger partial charge in [-0.1, -0.05) is 68.2 Å². The molecule has 0 aliphatic heterocycles. The smallest absolute Gasteiger partial charge is 0.0179 e. The fraction of sp³-hybridized carbons (Fsp3) is 1.00. The molecule has 0 amide bonds. The van der Waals surface area contributed by atoms with Gasteiger partial charge in [-0.2, -0.15) is 0 Å². The van der Waals surface area contributed by atoms with Crippen molar-refractivity contribution >= 4 is 15.8 Å². The Morgan fingerprint density at radius 1 is 0.556 bits per heavy atom. The maximum atomic E-state index is 2.45. The van der Waals surface area contributed by atoms with E-state index >= 15 is 0 Å². The molecule has 2 heteroatoms. The molecule has 0 heterocycles. The van der Waals surface area contributed by atoms with E-state index in [2.05, 4.69) is 55.4 Å². The first-order valence-corrected chi connectivity index (χ1v) is 11.1. The zero-order chi connectivity index (χ0) is 14.4. The lowest BCUT2D eigenvalue weighted by molar-refractivity contribution is 0.768. The van der Waals surface area contributed by atoms with Crippen LogP contribution < -0.4 is 0 Å². The molecule has 0 nitrogen and oxygen atoms in total. The van der Waals surface area contributed by atoms with Crippen molar-refractivity contribution in [1.29, 1.82) is 0 Å². The zero-order valence-corrected chi connectivity index (χ0v) is 15.9. The molecule has 0 radical (unpaired) electrons. The van der Waals surface area contributed by atoms with E-state index in [-0.39, 0.29) is 15.8 Å². The predicted octanol–water partition coefficient (Wildman–Crippen LogP) is 6.37. The highest BCUT2D eigenvalue weighted by molar-refractivity contribution is 7.63. The summed E-state index contributed by atoms with van der Waals surface area (Å²) in [5.74, 6) is 0. The molecule has 0 aromatic rings. The molecule has 0 aromatic heterocycles. The largest absolute Gasteiger partial charge is 0.101 e. The van der Waals surface area contributed by atoms with E-state index in [0.29, 0.717) is 10.3 Å². The monoisotopic (exact) mass is 290 g/mol. The second kappa shape index (κ2) is 8.21. The van der Waals surface area contributed by atoms with Gasteiger partial charge in [0.25, 0.3) is 0 Å². The molecule has 0 spiro atoms. The van der Waals surface area contributed by atoms with Gasteiger partial charge < -0.3 is 0 Å². The standard InChI is InChI=1S/C16H36P2/c1-9-11-17(15(3,4)5)13-14-18(12-10-2)16(6,7)8/h9-14H2,1-8H3. The van der Waals surface area contributed by atoms with Gasteiger partial charge in [0.05, 0.1) is 0 Å². The summed E-state index contributed by atoms with van der Waals surface area (Å²) < 4.78 is 0. The molecular weight excluding hydrogens is 254 g/mol. The number of hydrogen-bond acceptors (Lipinski definition) is 0. The Kier molecular flexibility index (Phi) is 8.61. The SMILES string of the molecule is CCCP(CCP(CCC)C(C)(C)C)C(C)(C)C.